The molecule has 29 heavy (non-hydrogen) atoms. The first-order chi connectivity index (χ1) is 14.0. The minimum atomic E-state index is -2.98. The monoisotopic (exact) mass is 408 g/mol. The van der Waals surface area contributed by atoms with Crippen LogP contribution in [0, 0.1) is 35.4 Å². The lowest BCUT2D eigenvalue weighted by atomic mass is 9.61. The Bertz CT molecular complexity index is 689. The number of benzene rings is 1. The molecule has 0 spiro atoms. The lowest BCUT2D eigenvalue weighted by Gasteiger charge is -2.45. The molecule has 0 saturated heterocycles. The highest BCUT2D eigenvalue weighted by molar-refractivity contribution is 5.39. The van der Waals surface area contributed by atoms with Gasteiger partial charge in [-0.15, -0.1) is 0 Å². The molecule has 1 nitrogen and oxygen atoms in total. The van der Waals surface area contributed by atoms with Crippen molar-refractivity contribution in [1.82, 2.24) is 0 Å². The fourth-order valence-electron chi connectivity index (χ4n) is 6.58. The number of rotatable bonds is 6. The third-order valence-corrected chi connectivity index (χ3v) is 8.13. The van der Waals surface area contributed by atoms with Crippen molar-refractivity contribution >= 4 is 0 Å². The highest BCUT2D eigenvalue weighted by Crippen LogP contribution is 2.49. The molecule has 1 aromatic rings. The van der Waals surface area contributed by atoms with Gasteiger partial charge in [-0.1, -0.05) is 32.6 Å². The lowest BCUT2D eigenvalue weighted by Crippen LogP contribution is -2.35. The Labute approximate surface area is 173 Å². The Morgan fingerprint density at radius 1 is 0.931 bits per heavy atom. The van der Waals surface area contributed by atoms with Crippen LogP contribution >= 0.6 is 0 Å². The number of unbranched alkanes of at least 4 members (excludes halogenated alkanes) is 1. The zero-order chi connectivity index (χ0) is 20.4. The Hall–Kier alpha value is -1.19. The van der Waals surface area contributed by atoms with E-state index in [9.17, 15) is 13.2 Å². The molecular formula is C25H35F3O. The van der Waals surface area contributed by atoms with Crippen LogP contribution in [0.2, 0.25) is 0 Å². The van der Waals surface area contributed by atoms with Gasteiger partial charge in [0.15, 0.2) is 11.6 Å². The molecule has 0 amide bonds. The van der Waals surface area contributed by atoms with Crippen LogP contribution in [0.1, 0.15) is 82.3 Å². The van der Waals surface area contributed by atoms with Gasteiger partial charge in [-0.05, 0) is 104 Å². The SMILES string of the molecule is CCCCC1CCC2CC(C3CCc4cc(OC(F)F)c(F)cc4C3)CCC2C1. The maximum absolute atomic E-state index is 14.2. The molecule has 2 saturated carbocycles. The molecule has 0 bridgehead atoms. The third-order valence-electron chi connectivity index (χ3n) is 8.13. The quantitative estimate of drug-likeness (QED) is 0.472. The van der Waals surface area contributed by atoms with Gasteiger partial charge in [0.2, 0.25) is 0 Å². The molecule has 162 valence electrons. The number of hydrogen-bond donors (Lipinski definition) is 0. The van der Waals surface area contributed by atoms with E-state index in [4.69, 9.17) is 0 Å². The predicted octanol–water partition coefficient (Wildman–Crippen LogP) is 7.55. The molecular weight excluding hydrogens is 373 g/mol. The van der Waals surface area contributed by atoms with Crippen LogP contribution in [0.3, 0.4) is 0 Å². The maximum atomic E-state index is 14.2. The normalized spacial score (nSPS) is 32.0. The zero-order valence-corrected chi connectivity index (χ0v) is 17.6. The summed E-state index contributed by atoms with van der Waals surface area (Å²) in [5.74, 6) is 3.19. The second-order valence-electron chi connectivity index (χ2n) is 9.85. The summed E-state index contributed by atoms with van der Waals surface area (Å²) in [4.78, 5) is 0. The zero-order valence-electron chi connectivity index (χ0n) is 17.6. The van der Waals surface area contributed by atoms with E-state index >= 15 is 0 Å². The average molecular weight is 409 g/mol. The number of alkyl halides is 2. The van der Waals surface area contributed by atoms with Crippen LogP contribution < -0.4 is 4.74 Å². The van der Waals surface area contributed by atoms with Crippen molar-refractivity contribution < 1.29 is 17.9 Å². The van der Waals surface area contributed by atoms with Crippen LogP contribution in [0.15, 0.2) is 12.1 Å². The average Bonchev–Trinajstić information content (AvgIpc) is 2.71. The van der Waals surface area contributed by atoms with Crippen molar-refractivity contribution in [2.45, 2.75) is 90.6 Å². The number of aryl methyl sites for hydroxylation is 1. The standard InChI is InChI=1S/C25H35F3O/c1-2-3-4-16-5-6-18-12-19(8-7-17(18)11-16)20-9-10-21-15-24(29-25(27)28)23(26)14-22(21)13-20/h14-20,25H,2-13H2,1H3. The van der Waals surface area contributed by atoms with Crippen LogP contribution in [-0.4, -0.2) is 6.61 Å². The molecule has 5 atom stereocenters. The van der Waals surface area contributed by atoms with Crippen molar-refractivity contribution in [1.29, 1.82) is 0 Å². The minimum Gasteiger partial charge on any atom is -0.432 e. The predicted molar refractivity (Wildman–Crippen MR) is 110 cm³/mol. The van der Waals surface area contributed by atoms with E-state index in [-0.39, 0.29) is 5.75 Å². The molecule has 4 heteroatoms. The van der Waals surface area contributed by atoms with Gasteiger partial charge < -0.3 is 4.74 Å². The van der Waals surface area contributed by atoms with E-state index in [0.29, 0.717) is 5.92 Å². The molecule has 4 rings (SSSR count). The molecule has 0 heterocycles. The molecule has 0 radical (unpaired) electrons. The van der Waals surface area contributed by atoms with Gasteiger partial charge in [-0.25, -0.2) is 4.39 Å². The maximum Gasteiger partial charge on any atom is 0.387 e. The smallest absolute Gasteiger partial charge is 0.387 e. The summed E-state index contributed by atoms with van der Waals surface area (Å²) in [6, 6.07) is 2.95. The summed E-state index contributed by atoms with van der Waals surface area (Å²) >= 11 is 0. The minimum absolute atomic E-state index is 0.308. The summed E-state index contributed by atoms with van der Waals surface area (Å²) in [5.41, 5.74) is 1.99. The van der Waals surface area contributed by atoms with Crippen molar-refractivity contribution in [3.8, 4) is 5.75 Å². The fraction of sp³-hybridized carbons (Fsp3) is 0.760. The first kappa shape index (κ1) is 21.1. The molecule has 5 unspecified atom stereocenters. The Morgan fingerprint density at radius 2 is 1.66 bits per heavy atom. The van der Waals surface area contributed by atoms with E-state index in [1.165, 1.54) is 69.9 Å². The van der Waals surface area contributed by atoms with Gasteiger partial charge in [-0.2, -0.15) is 8.78 Å². The Kier molecular flexibility index (Phi) is 6.76. The van der Waals surface area contributed by atoms with Crippen LogP contribution in [-0.2, 0) is 12.8 Å². The van der Waals surface area contributed by atoms with Gasteiger partial charge in [-0.3, -0.25) is 0 Å². The summed E-state index contributed by atoms with van der Waals surface area (Å²) in [5, 5.41) is 0. The Balaban J connectivity index is 1.35. The second-order valence-corrected chi connectivity index (χ2v) is 9.85. The molecule has 0 aliphatic heterocycles. The summed E-state index contributed by atoms with van der Waals surface area (Å²) in [6.07, 6.45) is 15.3. The van der Waals surface area contributed by atoms with E-state index < -0.39 is 12.4 Å². The topological polar surface area (TPSA) is 9.23 Å². The second kappa shape index (κ2) is 9.31. The van der Waals surface area contributed by atoms with Gasteiger partial charge in [0.05, 0.1) is 0 Å². The van der Waals surface area contributed by atoms with Crippen molar-refractivity contribution in [2.75, 3.05) is 0 Å². The van der Waals surface area contributed by atoms with E-state index in [2.05, 4.69) is 11.7 Å². The van der Waals surface area contributed by atoms with Crippen LogP contribution in [0.25, 0.3) is 0 Å². The van der Waals surface area contributed by atoms with Crippen molar-refractivity contribution in [3.63, 3.8) is 0 Å². The van der Waals surface area contributed by atoms with Crippen molar-refractivity contribution in [3.05, 3.63) is 29.1 Å². The van der Waals surface area contributed by atoms with Gasteiger partial charge in [0.1, 0.15) is 0 Å². The number of fused-ring (bicyclic) bond motifs is 2. The number of hydrogen-bond acceptors (Lipinski definition) is 1. The first-order valence-electron chi connectivity index (χ1n) is 11.8. The molecule has 0 N–H and O–H groups in total. The Morgan fingerprint density at radius 3 is 2.41 bits per heavy atom. The largest absolute Gasteiger partial charge is 0.432 e. The van der Waals surface area contributed by atoms with E-state index in [1.54, 1.807) is 0 Å². The number of halogens is 3. The molecule has 2 fully saturated rings. The van der Waals surface area contributed by atoms with Gasteiger partial charge in [0, 0.05) is 0 Å². The summed E-state index contributed by atoms with van der Waals surface area (Å²) in [7, 11) is 0. The first-order valence-corrected chi connectivity index (χ1v) is 11.8. The third kappa shape index (κ3) is 4.94. The van der Waals surface area contributed by atoms with Crippen LogP contribution in [0.4, 0.5) is 13.2 Å². The van der Waals surface area contributed by atoms with Crippen LogP contribution in [0.5, 0.6) is 5.75 Å². The van der Waals surface area contributed by atoms with Gasteiger partial charge in [0.25, 0.3) is 0 Å². The number of ether oxygens (including phenoxy) is 1. The van der Waals surface area contributed by atoms with Gasteiger partial charge >= 0.3 is 6.61 Å². The highest BCUT2D eigenvalue weighted by atomic mass is 19.3. The summed E-state index contributed by atoms with van der Waals surface area (Å²) < 4.78 is 43.5. The van der Waals surface area contributed by atoms with Crippen molar-refractivity contribution in [2.24, 2.45) is 29.6 Å². The molecule has 3 aliphatic carbocycles. The van der Waals surface area contributed by atoms with E-state index in [1.807, 2.05) is 0 Å². The fourth-order valence-corrected chi connectivity index (χ4v) is 6.58. The highest BCUT2D eigenvalue weighted by Gasteiger charge is 2.38. The lowest BCUT2D eigenvalue weighted by molar-refractivity contribution is -0.0522. The molecule has 0 aromatic heterocycles. The summed E-state index contributed by atoms with van der Waals surface area (Å²) in [6.45, 7) is -0.691. The molecule has 3 aliphatic rings. The molecule has 1 aromatic carbocycles. The van der Waals surface area contributed by atoms with E-state index in [0.717, 1.165) is 54.1 Å².